The molecule has 0 amide bonds. The van der Waals surface area contributed by atoms with Crippen LogP contribution in [0.1, 0.15) is 5.56 Å². The van der Waals surface area contributed by atoms with E-state index in [0.717, 1.165) is 0 Å². The zero-order valence-corrected chi connectivity index (χ0v) is 7.70. The minimum absolute atomic E-state index is 0.696. The third-order valence-corrected chi connectivity index (χ3v) is 2.26. The van der Waals surface area contributed by atoms with Crippen LogP contribution in [0.4, 0.5) is 0 Å². The van der Waals surface area contributed by atoms with Crippen molar-refractivity contribution in [2.75, 3.05) is 0 Å². The van der Waals surface area contributed by atoms with Crippen molar-refractivity contribution in [1.29, 1.82) is 0 Å². The average molecular weight is 172 g/mol. The normalized spacial score (nSPS) is 10.5. The molecule has 13 heavy (non-hydrogen) atoms. The van der Waals surface area contributed by atoms with Crippen molar-refractivity contribution in [1.82, 2.24) is 4.57 Å². The molecule has 0 unspecified atom stereocenters. The number of aliphatic imine (C=N–C) groups is 1. The predicted molar refractivity (Wildman–Crippen MR) is 56.2 cm³/mol. The van der Waals surface area contributed by atoms with Crippen molar-refractivity contribution in [3.05, 3.63) is 36.0 Å². The van der Waals surface area contributed by atoms with E-state index >= 15 is 0 Å². The minimum Gasteiger partial charge on any atom is -0.350 e. The molecule has 2 nitrogen and oxygen atoms in total. The second-order valence-corrected chi connectivity index (χ2v) is 3.16. The molecular weight excluding hydrogens is 160 g/mol. The van der Waals surface area contributed by atoms with Gasteiger partial charge >= 0.3 is 0 Å². The average Bonchev–Trinajstić information content (AvgIpc) is 2.46. The Morgan fingerprint density at radius 2 is 2.15 bits per heavy atom. The van der Waals surface area contributed by atoms with E-state index in [1.54, 1.807) is 0 Å². The zero-order valence-electron chi connectivity index (χ0n) is 7.70. The van der Waals surface area contributed by atoms with Gasteiger partial charge in [-0.25, -0.2) is 0 Å². The summed E-state index contributed by atoms with van der Waals surface area (Å²) in [5, 5.41) is 1.28. The number of aryl methyl sites for hydroxylation is 1. The fourth-order valence-corrected chi connectivity index (χ4v) is 1.67. The van der Waals surface area contributed by atoms with Gasteiger partial charge in [-0.05, 0) is 18.3 Å². The van der Waals surface area contributed by atoms with Crippen LogP contribution < -0.4 is 0 Å². The largest absolute Gasteiger partial charge is 0.350 e. The monoisotopic (exact) mass is 172 g/mol. The molecule has 0 aliphatic rings. The molecule has 2 aromatic rings. The fraction of sp³-hybridized carbons (Fsp3) is 0.182. The topological polar surface area (TPSA) is 17.3 Å². The lowest BCUT2D eigenvalue weighted by Crippen LogP contribution is -1.81. The number of nitrogens with zero attached hydrogens (tertiary/aromatic N) is 2. The van der Waals surface area contributed by atoms with Crippen molar-refractivity contribution in [3.63, 3.8) is 0 Å². The number of hydrogen-bond acceptors (Lipinski definition) is 1. The van der Waals surface area contributed by atoms with E-state index in [4.69, 9.17) is 0 Å². The highest BCUT2D eigenvalue weighted by Gasteiger charge is 2.03. The van der Waals surface area contributed by atoms with Crippen LogP contribution in [0.15, 0.2) is 35.5 Å². The summed E-state index contributed by atoms with van der Waals surface area (Å²) in [5.74, 6) is 0. The van der Waals surface area contributed by atoms with Crippen LogP contribution >= 0.6 is 0 Å². The van der Waals surface area contributed by atoms with Gasteiger partial charge in [0, 0.05) is 24.1 Å². The van der Waals surface area contributed by atoms with Crippen molar-refractivity contribution in [2.45, 2.75) is 6.54 Å². The fourth-order valence-electron chi connectivity index (χ4n) is 1.67. The molecule has 0 spiro atoms. The maximum Gasteiger partial charge on any atom is 0.0653 e. The van der Waals surface area contributed by atoms with Crippen LogP contribution in [-0.4, -0.2) is 11.3 Å². The number of para-hydroxylation sites is 1. The van der Waals surface area contributed by atoms with E-state index in [0.29, 0.717) is 6.54 Å². The van der Waals surface area contributed by atoms with E-state index in [1.165, 1.54) is 16.5 Å². The second kappa shape index (κ2) is 3.05. The Kier molecular flexibility index (Phi) is 1.89. The number of aromatic nitrogens is 1. The molecular formula is C11H12N2. The number of rotatable bonds is 2. The molecule has 0 aliphatic heterocycles. The van der Waals surface area contributed by atoms with Crippen LogP contribution in [-0.2, 0) is 13.6 Å². The van der Waals surface area contributed by atoms with Gasteiger partial charge in [0.1, 0.15) is 0 Å². The lowest BCUT2D eigenvalue weighted by Gasteiger charge is -1.93. The molecule has 66 valence electrons. The Labute approximate surface area is 77.5 Å². The molecule has 2 rings (SSSR count). The minimum atomic E-state index is 0.696. The summed E-state index contributed by atoms with van der Waals surface area (Å²) < 4.78 is 2.12. The van der Waals surface area contributed by atoms with Gasteiger partial charge in [0.05, 0.1) is 6.54 Å². The molecule has 0 saturated heterocycles. The number of benzene rings is 1. The van der Waals surface area contributed by atoms with Crippen LogP contribution in [0.2, 0.25) is 0 Å². The highest BCUT2D eigenvalue weighted by molar-refractivity contribution is 5.83. The van der Waals surface area contributed by atoms with Crippen molar-refractivity contribution in [2.24, 2.45) is 12.0 Å². The van der Waals surface area contributed by atoms with Gasteiger partial charge in [0.2, 0.25) is 0 Å². The van der Waals surface area contributed by atoms with E-state index in [9.17, 15) is 0 Å². The standard InChI is InChI=1S/C11H12N2/c1-12-7-9-8-13(2)11-6-4-3-5-10(9)11/h3-6,8H,1,7H2,2H3. The summed E-state index contributed by atoms with van der Waals surface area (Å²) in [4.78, 5) is 3.91. The first-order valence-electron chi connectivity index (χ1n) is 4.28. The highest BCUT2D eigenvalue weighted by Crippen LogP contribution is 2.20. The molecule has 0 fully saturated rings. The van der Waals surface area contributed by atoms with Gasteiger partial charge in [0.25, 0.3) is 0 Å². The summed E-state index contributed by atoms with van der Waals surface area (Å²) in [6.45, 7) is 4.21. The predicted octanol–water partition coefficient (Wildman–Crippen LogP) is 2.38. The van der Waals surface area contributed by atoms with E-state index < -0.39 is 0 Å². The lowest BCUT2D eigenvalue weighted by atomic mass is 10.2. The van der Waals surface area contributed by atoms with Crippen molar-refractivity contribution >= 4 is 17.6 Å². The molecule has 0 bridgehead atoms. The van der Waals surface area contributed by atoms with Crippen molar-refractivity contribution < 1.29 is 0 Å². The molecule has 1 aromatic heterocycles. The second-order valence-electron chi connectivity index (χ2n) is 3.16. The molecule has 0 aliphatic carbocycles. The van der Waals surface area contributed by atoms with E-state index in [1.807, 2.05) is 6.07 Å². The summed E-state index contributed by atoms with van der Waals surface area (Å²) >= 11 is 0. The molecule has 0 saturated carbocycles. The number of fused-ring (bicyclic) bond motifs is 1. The van der Waals surface area contributed by atoms with Crippen LogP contribution in [0.25, 0.3) is 10.9 Å². The smallest absolute Gasteiger partial charge is 0.0653 e. The van der Waals surface area contributed by atoms with Crippen LogP contribution in [0, 0.1) is 0 Å². The zero-order chi connectivity index (χ0) is 9.26. The maximum atomic E-state index is 3.91. The molecule has 1 heterocycles. The van der Waals surface area contributed by atoms with Gasteiger partial charge in [-0.15, -0.1) is 0 Å². The van der Waals surface area contributed by atoms with Crippen molar-refractivity contribution in [3.8, 4) is 0 Å². The van der Waals surface area contributed by atoms with Gasteiger partial charge in [-0.2, -0.15) is 0 Å². The summed E-state index contributed by atoms with van der Waals surface area (Å²) in [7, 11) is 2.05. The third-order valence-electron chi connectivity index (χ3n) is 2.26. The van der Waals surface area contributed by atoms with Crippen LogP contribution in [0.5, 0.6) is 0 Å². The Bertz CT molecular complexity index is 440. The number of hydrogen-bond donors (Lipinski definition) is 0. The highest BCUT2D eigenvalue weighted by atomic mass is 14.9. The van der Waals surface area contributed by atoms with Gasteiger partial charge in [-0.3, -0.25) is 4.99 Å². The first-order valence-corrected chi connectivity index (χ1v) is 4.28. The third kappa shape index (κ3) is 1.24. The first-order chi connectivity index (χ1) is 6.33. The van der Waals surface area contributed by atoms with E-state index in [-0.39, 0.29) is 0 Å². The van der Waals surface area contributed by atoms with Gasteiger partial charge in [0.15, 0.2) is 0 Å². The van der Waals surface area contributed by atoms with Gasteiger partial charge in [-0.1, -0.05) is 18.2 Å². The molecule has 0 N–H and O–H groups in total. The summed E-state index contributed by atoms with van der Waals surface area (Å²) in [6.07, 6.45) is 2.11. The maximum absolute atomic E-state index is 3.91. The molecule has 2 heteroatoms. The Morgan fingerprint density at radius 1 is 1.38 bits per heavy atom. The Balaban J connectivity index is 2.70. The lowest BCUT2D eigenvalue weighted by molar-refractivity contribution is 0.950. The SMILES string of the molecule is C=NCc1cn(C)c2ccccc12. The Hall–Kier alpha value is -1.57. The molecule has 1 aromatic carbocycles. The van der Waals surface area contributed by atoms with E-state index in [2.05, 4.69) is 47.7 Å². The van der Waals surface area contributed by atoms with Gasteiger partial charge < -0.3 is 4.57 Å². The summed E-state index contributed by atoms with van der Waals surface area (Å²) in [5.41, 5.74) is 2.49. The first kappa shape index (κ1) is 8.05. The molecule has 0 atom stereocenters. The molecule has 0 radical (unpaired) electrons. The quantitative estimate of drug-likeness (QED) is 0.619. The Morgan fingerprint density at radius 3 is 2.92 bits per heavy atom. The summed E-state index contributed by atoms with van der Waals surface area (Å²) in [6, 6.07) is 8.33. The van der Waals surface area contributed by atoms with Crippen LogP contribution in [0.3, 0.4) is 0 Å².